The lowest BCUT2D eigenvalue weighted by atomic mass is 10.3. The van der Waals surface area contributed by atoms with E-state index in [4.69, 9.17) is 18.9 Å². The lowest BCUT2D eigenvalue weighted by Gasteiger charge is -2.12. The molecule has 0 fully saturated rings. The van der Waals surface area contributed by atoms with Crippen molar-refractivity contribution in [3.05, 3.63) is 0 Å². The van der Waals surface area contributed by atoms with Gasteiger partial charge in [-0.15, -0.1) is 0 Å². The highest BCUT2D eigenvalue weighted by atomic mass is 16.5. The van der Waals surface area contributed by atoms with Gasteiger partial charge in [0.05, 0.1) is 39.1 Å². The first kappa shape index (κ1) is 17.8. The van der Waals surface area contributed by atoms with E-state index in [1.807, 2.05) is 0 Å². The molecule has 0 aromatic carbocycles. The molecule has 0 rings (SSSR count). The molecule has 0 spiro atoms. The second-order valence-electron chi connectivity index (χ2n) is 3.88. The zero-order valence-corrected chi connectivity index (χ0v) is 11.5. The van der Waals surface area contributed by atoms with Gasteiger partial charge in [-0.25, -0.2) is 0 Å². The van der Waals surface area contributed by atoms with Gasteiger partial charge in [0.1, 0.15) is 0 Å². The van der Waals surface area contributed by atoms with Gasteiger partial charge in [-0.05, 0) is 13.0 Å². The molecule has 0 aromatic rings. The van der Waals surface area contributed by atoms with Gasteiger partial charge in [0.2, 0.25) is 0 Å². The number of aliphatic hydroxyl groups excluding tert-OH is 1. The zero-order chi connectivity index (χ0) is 13.5. The van der Waals surface area contributed by atoms with E-state index >= 15 is 0 Å². The molecule has 0 aromatic heterocycles. The van der Waals surface area contributed by atoms with E-state index in [0.717, 1.165) is 13.0 Å². The van der Waals surface area contributed by atoms with E-state index in [1.54, 1.807) is 14.2 Å². The number of ether oxygens (including phenoxy) is 4. The third-order valence-electron chi connectivity index (χ3n) is 2.20. The van der Waals surface area contributed by atoms with Crippen LogP contribution in [0, 0.1) is 0 Å². The van der Waals surface area contributed by atoms with Crippen LogP contribution in [0.15, 0.2) is 0 Å². The minimum absolute atomic E-state index is 0.334. The topological polar surface area (TPSA) is 69.2 Å². The Bertz CT molecular complexity index is 159. The molecule has 110 valence electrons. The molecular formula is C12H27NO5. The molecule has 0 amide bonds. The summed E-state index contributed by atoms with van der Waals surface area (Å²) in [5.41, 5.74) is 0. The van der Waals surface area contributed by atoms with Crippen molar-refractivity contribution in [2.75, 3.05) is 67.0 Å². The summed E-state index contributed by atoms with van der Waals surface area (Å²) >= 11 is 0. The fourth-order valence-electron chi connectivity index (χ4n) is 1.23. The first-order chi connectivity index (χ1) is 8.81. The van der Waals surface area contributed by atoms with Crippen LogP contribution in [-0.4, -0.2) is 78.2 Å². The normalized spacial score (nSPS) is 12.8. The molecule has 1 unspecified atom stereocenters. The van der Waals surface area contributed by atoms with Gasteiger partial charge in [0, 0.05) is 27.4 Å². The van der Waals surface area contributed by atoms with Gasteiger partial charge in [-0.2, -0.15) is 0 Å². The van der Waals surface area contributed by atoms with Crippen LogP contribution < -0.4 is 5.32 Å². The Kier molecular flexibility index (Phi) is 14.6. The quantitative estimate of drug-likeness (QED) is 0.419. The van der Waals surface area contributed by atoms with Crippen molar-refractivity contribution >= 4 is 0 Å². The van der Waals surface area contributed by atoms with Crippen LogP contribution in [0.4, 0.5) is 0 Å². The largest absolute Gasteiger partial charge is 0.389 e. The van der Waals surface area contributed by atoms with Gasteiger partial charge in [-0.3, -0.25) is 0 Å². The second-order valence-corrected chi connectivity index (χ2v) is 3.88. The van der Waals surface area contributed by atoms with Gasteiger partial charge in [0.15, 0.2) is 0 Å². The highest BCUT2D eigenvalue weighted by Crippen LogP contribution is 1.86. The molecule has 0 aliphatic heterocycles. The Morgan fingerprint density at radius 3 is 2.28 bits per heavy atom. The Morgan fingerprint density at radius 2 is 1.61 bits per heavy atom. The van der Waals surface area contributed by atoms with E-state index in [9.17, 15) is 5.11 Å². The minimum atomic E-state index is -0.476. The minimum Gasteiger partial charge on any atom is -0.389 e. The third-order valence-corrected chi connectivity index (χ3v) is 2.20. The fourth-order valence-corrected chi connectivity index (χ4v) is 1.23. The average Bonchev–Trinajstić information content (AvgIpc) is 2.38. The summed E-state index contributed by atoms with van der Waals surface area (Å²) in [5, 5.41) is 12.7. The van der Waals surface area contributed by atoms with Gasteiger partial charge >= 0.3 is 0 Å². The number of hydrogen-bond acceptors (Lipinski definition) is 6. The van der Waals surface area contributed by atoms with E-state index in [-0.39, 0.29) is 0 Å². The standard InChI is InChI=1S/C12H27NO5/c1-15-6-8-17-5-3-4-13-10-12(14)11-18-9-7-16-2/h12-14H,3-11H2,1-2H3. The second kappa shape index (κ2) is 14.8. The zero-order valence-electron chi connectivity index (χ0n) is 11.5. The molecule has 0 radical (unpaired) electrons. The highest BCUT2D eigenvalue weighted by Gasteiger charge is 2.02. The molecule has 6 heteroatoms. The van der Waals surface area contributed by atoms with Crippen LogP contribution >= 0.6 is 0 Å². The molecule has 0 saturated heterocycles. The highest BCUT2D eigenvalue weighted by molar-refractivity contribution is 4.58. The van der Waals surface area contributed by atoms with E-state index in [2.05, 4.69) is 5.32 Å². The molecule has 0 heterocycles. The number of nitrogens with one attached hydrogen (secondary N) is 1. The van der Waals surface area contributed by atoms with E-state index in [0.29, 0.717) is 46.2 Å². The van der Waals surface area contributed by atoms with Crippen molar-refractivity contribution in [3.63, 3.8) is 0 Å². The number of aliphatic hydroxyl groups is 1. The summed E-state index contributed by atoms with van der Waals surface area (Å²) in [4.78, 5) is 0. The Balaban J connectivity index is 3.08. The lowest BCUT2D eigenvalue weighted by molar-refractivity contribution is 0.0135. The van der Waals surface area contributed by atoms with Crippen LogP contribution in [0.3, 0.4) is 0 Å². The van der Waals surface area contributed by atoms with Crippen molar-refractivity contribution < 1.29 is 24.1 Å². The number of methoxy groups -OCH3 is 2. The molecule has 0 aliphatic rings. The third kappa shape index (κ3) is 13.8. The first-order valence-electron chi connectivity index (χ1n) is 6.33. The van der Waals surface area contributed by atoms with Crippen LogP contribution in [0.5, 0.6) is 0 Å². The molecule has 0 aliphatic carbocycles. The van der Waals surface area contributed by atoms with Crippen molar-refractivity contribution in [2.45, 2.75) is 12.5 Å². The molecule has 18 heavy (non-hydrogen) atoms. The van der Waals surface area contributed by atoms with Crippen molar-refractivity contribution in [1.82, 2.24) is 5.32 Å². The summed E-state index contributed by atoms with van der Waals surface area (Å²) in [6, 6.07) is 0. The summed E-state index contributed by atoms with van der Waals surface area (Å²) in [6.45, 7) is 4.72. The smallest absolute Gasteiger partial charge is 0.0897 e. The van der Waals surface area contributed by atoms with Crippen molar-refractivity contribution in [2.24, 2.45) is 0 Å². The number of hydrogen-bond donors (Lipinski definition) is 2. The summed E-state index contributed by atoms with van der Waals surface area (Å²) in [7, 11) is 3.27. The van der Waals surface area contributed by atoms with Gasteiger partial charge in [0.25, 0.3) is 0 Å². The molecule has 0 saturated carbocycles. The van der Waals surface area contributed by atoms with Crippen molar-refractivity contribution in [3.8, 4) is 0 Å². The maximum atomic E-state index is 9.55. The summed E-state index contributed by atoms with van der Waals surface area (Å²) < 4.78 is 20.2. The first-order valence-corrected chi connectivity index (χ1v) is 6.33. The SMILES string of the molecule is COCCOCCCNCC(O)COCCOC. The molecular weight excluding hydrogens is 238 g/mol. The Labute approximate surface area is 110 Å². The average molecular weight is 265 g/mol. The maximum absolute atomic E-state index is 9.55. The Hall–Kier alpha value is -0.240. The maximum Gasteiger partial charge on any atom is 0.0897 e. The summed E-state index contributed by atoms with van der Waals surface area (Å²) in [6.07, 6.45) is 0.442. The molecule has 0 bridgehead atoms. The van der Waals surface area contributed by atoms with Crippen LogP contribution in [0.25, 0.3) is 0 Å². The predicted octanol–water partition coefficient (Wildman–Crippen LogP) is -0.347. The molecule has 6 nitrogen and oxygen atoms in total. The monoisotopic (exact) mass is 265 g/mol. The molecule has 1 atom stereocenters. The number of rotatable bonds is 14. The Morgan fingerprint density at radius 1 is 0.944 bits per heavy atom. The van der Waals surface area contributed by atoms with E-state index in [1.165, 1.54) is 0 Å². The van der Waals surface area contributed by atoms with Crippen LogP contribution in [0.1, 0.15) is 6.42 Å². The van der Waals surface area contributed by atoms with Crippen LogP contribution in [-0.2, 0) is 18.9 Å². The van der Waals surface area contributed by atoms with Gasteiger partial charge < -0.3 is 29.4 Å². The van der Waals surface area contributed by atoms with Gasteiger partial charge in [-0.1, -0.05) is 0 Å². The lowest BCUT2D eigenvalue weighted by Crippen LogP contribution is -2.31. The van der Waals surface area contributed by atoms with Crippen molar-refractivity contribution in [1.29, 1.82) is 0 Å². The van der Waals surface area contributed by atoms with E-state index < -0.39 is 6.10 Å². The molecule has 2 N–H and O–H groups in total. The van der Waals surface area contributed by atoms with Crippen LogP contribution in [0.2, 0.25) is 0 Å². The predicted molar refractivity (Wildman–Crippen MR) is 68.9 cm³/mol. The fraction of sp³-hybridized carbons (Fsp3) is 1.00. The summed E-state index contributed by atoms with van der Waals surface area (Å²) in [5.74, 6) is 0.